The highest BCUT2D eigenvalue weighted by molar-refractivity contribution is 8.67. The zero-order valence-electron chi connectivity index (χ0n) is 18.8. The van der Waals surface area contributed by atoms with E-state index in [2.05, 4.69) is 10.3 Å². The van der Waals surface area contributed by atoms with Crippen LogP contribution in [-0.4, -0.2) is 70.0 Å². The van der Waals surface area contributed by atoms with Crippen LogP contribution in [-0.2, 0) is 61.9 Å². The Kier molecular flexibility index (Phi) is 13.3. The van der Waals surface area contributed by atoms with Gasteiger partial charge >= 0.3 is 6.72 Å². The van der Waals surface area contributed by atoms with Gasteiger partial charge in [0.05, 0.1) is 17.7 Å². The van der Waals surface area contributed by atoms with Gasteiger partial charge in [0.1, 0.15) is 11.4 Å². The molecule has 188 valence electrons. The zero-order valence-corrected chi connectivity index (χ0v) is 23.8. The Labute approximate surface area is 207 Å². The van der Waals surface area contributed by atoms with E-state index in [0.29, 0.717) is 10.9 Å². The van der Waals surface area contributed by atoms with Crippen LogP contribution in [0.4, 0.5) is 0 Å². The number of rotatable bonds is 12. The van der Waals surface area contributed by atoms with Crippen LogP contribution < -0.4 is 5.56 Å². The summed E-state index contributed by atoms with van der Waals surface area (Å²) < 4.78 is 48.4. The van der Waals surface area contributed by atoms with Gasteiger partial charge in [0.15, 0.2) is 9.84 Å². The van der Waals surface area contributed by atoms with Crippen molar-refractivity contribution < 1.29 is 31.0 Å². The first-order valence-corrected chi connectivity index (χ1v) is 17.8. The second-order valence-corrected chi connectivity index (χ2v) is 18.1. The molecule has 0 fully saturated rings. The van der Waals surface area contributed by atoms with Crippen molar-refractivity contribution in [3.05, 3.63) is 34.6 Å². The van der Waals surface area contributed by atoms with Gasteiger partial charge in [-0.25, -0.2) is 8.42 Å². The van der Waals surface area contributed by atoms with Gasteiger partial charge in [-0.2, -0.15) is 4.68 Å². The van der Waals surface area contributed by atoms with Gasteiger partial charge in [0.25, 0.3) is 5.56 Å². The van der Waals surface area contributed by atoms with Crippen molar-refractivity contribution in [1.82, 2.24) is 15.0 Å². The van der Waals surface area contributed by atoms with Crippen molar-refractivity contribution in [2.75, 3.05) is 46.6 Å². The molecule has 0 aliphatic heterocycles. The van der Waals surface area contributed by atoms with Crippen molar-refractivity contribution in [1.29, 1.82) is 0 Å². The summed E-state index contributed by atoms with van der Waals surface area (Å²) in [5.74, 6) is 0.281. The van der Waals surface area contributed by atoms with E-state index in [1.807, 2.05) is 6.07 Å². The van der Waals surface area contributed by atoms with E-state index < -0.39 is 22.2 Å². The molecule has 0 radical (unpaired) electrons. The largest absolute Gasteiger partial charge is 0.326 e. The third-order valence-electron chi connectivity index (χ3n) is 3.95. The standard InChI is InChI=1S/C10H12N3O3PS2.C6H15O5PS2/c1-15-17(18,16-2)19-7-13-10(14)8-5-3-4-6-9(8)11-12-13;1-4-14(7,8)6-5-11-12(13,9-2)10-3/h3-6H,7H2,1-2H3;4-6H2,1-3H3. The highest BCUT2D eigenvalue weighted by Gasteiger charge is 2.18. The summed E-state index contributed by atoms with van der Waals surface area (Å²) in [5, 5.41) is 8.39. The molecule has 0 aliphatic carbocycles. The summed E-state index contributed by atoms with van der Waals surface area (Å²) in [6.45, 7) is -1.12. The Balaban J connectivity index is 0.000000349. The molecule has 0 atom stereocenters. The first-order valence-electron chi connectivity index (χ1n) is 9.23. The van der Waals surface area contributed by atoms with Crippen LogP contribution in [0.3, 0.4) is 0 Å². The number of sulfone groups is 1. The summed E-state index contributed by atoms with van der Waals surface area (Å²) in [7, 11) is 2.71. The molecule has 0 amide bonds. The number of hydrogen-bond acceptors (Lipinski definition) is 13. The third-order valence-corrected chi connectivity index (χ3v) is 13.8. The average Bonchev–Trinajstić information content (AvgIpc) is 2.83. The first-order chi connectivity index (χ1) is 15.5. The van der Waals surface area contributed by atoms with Gasteiger partial charge in [0.2, 0.25) is 5.69 Å². The molecule has 17 heteroatoms. The van der Waals surface area contributed by atoms with E-state index in [-0.39, 0.29) is 29.5 Å². The molecule has 0 saturated carbocycles. The van der Waals surface area contributed by atoms with Crippen molar-refractivity contribution in [3.63, 3.8) is 0 Å². The molecule has 1 heterocycles. The van der Waals surface area contributed by atoms with E-state index >= 15 is 0 Å². The molecule has 33 heavy (non-hydrogen) atoms. The fourth-order valence-corrected chi connectivity index (χ4v) is 6.25. The zero-order chi connectivity index (χ0) is 25.1. The molecular weight excluding hydrogens is 552 g/mol. The third kappa shape index (κ3) is 10.1. The lowest BCUT2D eigenvalue weighted by molar-refractivity contribution is 0.211. The monoisotopic (exact) mass is 579 g/mol. The number of nitrogens with zero attached hydrogens (tertiary/aromatic N) is 3. The van der Waals surface area contributed by atoms with Gasteiger partial charge in [-0.05, 0) is 47.1 Å². The van der Waals surface area contributed by atoms with E-state index in [1.165, 1.54) is 44.5 Å². The number of benzene rings is 1. The van der Waals surface area contributed by atoms with E-state index in [9.17, 15) is 13.2 Å². The number of fused-ring (bicyclic) bond motifs is 1. The topological polar surface area (TPSA) is 128 Å². The first kappa shape index (κ1) is 30.7. The molecule has 1 aromatic carbocycles. The molecule has 2 aromatic rings. The Bertz CT molecular complexity index is 1150. The molecule has 11 nitrogen and oxygen atoms in total. The molecule has 0 unspecified atom stereocenters. The molecular formula is C16H27N3O8P2S4. The summed E-state index contributed by atoms with van der Waals surface area (Å²) >= 11 is 11.3. The predicted molar refractivity (Wildman–Crippen MR) is 138 cm³/mol. The normalized spacial score (nSPS) is 12.4. The average molecular weight is 580 g/mol. The van der Waals surface area contributed by atoms with Crippen LogP contribution in [0.1, 0.15) is 6.92 Å². The molecule has 0 spiro atoms. The lowest BCUT2D eigenvalue weighted by Gasteiger charge is -2.16. The van der Waals surface area contributed by atoms with Crippen LogP contribution in [0.2, 0.25) is 0 Å². The smallest absolute Gasteiger partial charge is 0.325 e. The van der Waals surface area contributed by atoms with Gasteiger partial charge in [-0.3, -0.25) is 4.79 Å². The number of hydrogen-bond donors (Lipinski definition) is 0. The molecule has 0 N–H and O–H groups in total. The van der Waals surface area contributed by atoms with Crippen molar-refractivity contribution in [2.45, 2.75) is 12.8 Å². The van der Waals surface area contributed by atoms with Crippen LogP contribution in [0.5, 0.6) is 0 Å². The van der Waals surface area contributed by atoms with E-state index in [0.717, 1.165) is 0 Å². The second-order valence-electron chi connectivity index (χ2n) is 5.86. The molecule has 1 aromatic heterocycles. The summed E-state index contributed by atoms with van der Waals surface area (Å²) in [6.07, 6.45) is 0. The van der Waals surface area contributed by atoms with E-state index in [4.69, 9.17) is 46.2 Å². The molecule has 0 saturated heterocycles. The second kappa shape index (κ2) is 14.3. The van der Waals surface area contributed by atoms with Crippen LogP contribution in [0, 0.1) is 0 Å². The predicted octanol–water partition coefficient (Wildman–Crippen LogP) is 2.95. The maximum absolute atomic E-state index is 12.2. The minimum absolute atomic E-state index is 0.00906. The molecule has 0 bridgehead atoms. The minimum atomic E-state index is -3.02. The summed E-state index contributed by atoms with van der Waals surface area (Å²) in [5.41, 5.74) is -2.03. The lowest BCUT2D eigenvalue weighted by atomic mass is 10.2. The van der Waals surface area contributed by atoms with Gasteiger partial charge in [-0.15, -0.1) is 5.10 Å². The Hall–Kier alpha value is -0.310. The van der Waals surface area contributed by atoms with Crippen LogP contribution >= 0.6 is 23.8 Å². The maximum atomic E-state index is 12.2. The number of aromatic nitrogens is 3. The van der Waals surface area contributed by atoms with Gasteiger partial charge in [0, 0.05) is 34.2 Å². The highest BCUT2D eigenvalue weighted by atomic mass is 32.9. The lowest BCUT2D eigenvalue weighted by Crippen LogP contribution is -2.23. The van der Waals surface area contributed by atoms with Gasteiger partial charge < -0.3 is 22.6 Å². The van der Waals surface area contributed by atoms with Crippen molar-refractivity contribution in [2.24, 2.45) is 0 Å². The Morgan fingerprint density at radius 1 is 1.06 bits per heavy atom. The molecule has 2 rings (SSSR count). The quantitative estimate of drug-likeness (QED) is 0.342. The van der Waals surface area contributed by atoms with E-state index in [1.54, 1.807) is 25.1 Å². The fourth-order valence-electron chi connectivity index (χ4n) is 2.01. The SMILES string of the molecule is CCS(=O)(=O)CCOP(=S)(OC)OC.COP(=S)(OC)SCn1nnc2ccccc2c1=O. The van der Waals surface area contributed by atoms with Crippen molar-refractivity contribution in [3.8, 4) is 0 Å². The summed E-state index contributed by atoms with van der Waals surface area (Å²) in [4.78, 5) is 12.2. The van der Waals surface area contributed by atoms with Gasteiger partial charge in [-0.1, -0.05) is 24.3 Å². The maximum Gasteiger partial charge on any atom is 0.326 e. The van der Waals surface area contributed by atoms with Crippen LogP contribution in [0.25, 0.3) is 10.9 Å². The van der Waals surface area contributed by atoms with Crippen molar-refractivity contribution >= 4 is 68.1 Å². The fraction of sp³-hybridized carbons (Fsp3) is 0.562. The van der Waals surface area contributed by atoms with Crippen LogP contribution in [0.15, 0.2) is 29.1 Å². The Morgan fingerprint density at radius 2 is 1.67 bits per heavy atom. The minimum Gasteiger partial charge on any atom is -0.325 e. The highest BCUT2D eigenvalue weighted by Crippen LogP contribution is 2.60. The Morgan fingerprint density at radius 3 is 2.21 bits per heavy atom. The molecule has 0 aliphatic rings. The summed E-state index contributed by atoms with van der Waals surface area (Å²) in [6, 6.07) is 7.06.